The summed E-state index contributed by atoms with van der Waals surface area (Å²) >= 11 is 0. The van der Waals surface area contributed by atoms with Crippen LogP contribution in [0.1, 0.15) is 123 Å². The normalized spacial score (nSPS) is 13.0. The van der Waals surface area contributed by atoms with Crippen LogP contribution in [-0.2, 0) is 6.42 Å². The van der Waals surface area contributed by atoms with E-state index in [1.54, 1.807) is 12.4 Å². The summed E-state index contributed by atoms with van der Waals surface area (Å²) in [5.41, 5.74) is 2.39. The Hall–Kier alpha value is -1.97. The van der Waals surface area contributed by atoms with Crippen LogP contribution in [0.4, 0.5) is 4.39 Å². The highest BCUT2D eigenvalue weighted by Gasteiger charge is 2.10. The first kappa shape index (κ1) is 30.3. The monoisotopic (exact) mass is 498 g/mol. The number of aromatic nitrogens is 2. The third-order valence-corrected chi connectivity index (χ3v) is 7.12. The zero-order valence-corrected chi connectivity index (χ0v) is 23.3. The molecule has 0 aliphatic heterocycles. The molecule has 2 unspecified atom stereocenters. The summed E-state index contributed by atoms with van der Waals surface area (Å²) in [4.78, 5) is 8.91. The van der Waals surface area contributed by atoms with E-state index in [0.717, 1.165) is 24.8 Å². The highest BCUT2D eigenvalue weighted by Crippen LogP contribution is 2.20. The Morgan fingerprint density at radius 3 is 2.03 bits per heavy atom. The van der Waals surface area contributed by atoms with Crippen molar-refractivity contribution < 1.29 is 9.13 Å². The molecule has 0 aliphatic rings. The zero-order valence-electron chi connectivity index (χ0n) is 23.3. The van der Waals surface area contributed by atoms with Crippen molar-refractivity contribution in [2.75, 3.05) is 6.61 Å². The topological polar surface area (TPSA) is 35.0 Å². The van der Waals surface area contributed by atoms with E-state index in [1.807, 2.05) is 0 Å². The lowest BCUT2D eigenvalue weighted by atomic mass is 9.96. The molecule has 0 spiro atoms. The first-order valence-electron chi connectivity index (χ1n) is 14.8. The minimum Gasteiger partial charge on any atom is -0.490 e. The van der Waals surface area contributed by atoms with Crippen LogP contribution in [0.15, 0.2) is 36.7 Å². The molecule has 4 heteroatoms. The average Bonchev–Trinajstić information content (AvgIpc) is 2.89. The summed E-state index contributed by atoms with van der Waals surface area (Å²) in [7, 11) is 0. The second kappa shape index (κ2) is 19.2. The van der Waals surface area contributed by atoms with Crippen LogP contribution in [0.25, 0.3) is 11.4 Å². The summed E-state index contributed by atoms with van der Waals surface area (Å²) in [5, 5.41) is 0. The SMILES string of the molecule is CCCCCCCCCc1ccc(-c2ncc(OCCC(F)CCCC(C)CCCCC)cn2)cc1. The van der Waals surface area contributed by atoms with Crippen LogP contribution < -0.4 is 4.74 Å². The summed E-state index contributed by atoms with van der Waals surface area (Å²) in [5.74, 6) is 2.00. The van der Waals surface area contributed by atoms with E-state index in [9.17, 15) is 4.39 Å². The quantitative estimate of drug-likeness (QED) is 0.161. The number of benzene rings is 1. The molecule has 2 atom stereocenters. The van der Waals surface area contributed by atoms with Crippen molar-refractivity contribution in [2.24, 2.45) is 5.92 Å². The molecule has 0 radical (unpaired) electrons. The standard InChI is InChI=1S/C32H51FN2O/c1-4-6-8-9-10-11-13-17-28-19-21-29(22-20-28)32-34-25-31(26-35-32)36-24-23-30(33)18-14-16-27(3)15-12-7-5-2/h19-22,25-27,30H,4-18,23-24H2,1-3H3. The van der Waals surface area contributed by atoms with E-state index in [4.69, 9.17) is 4.74 Å². The van der Waals surface area contributed by atoms with Gasteiger partial charge in [0.1, 0.15) is 6.17 Å². The van der Waals surface area contributed by atoms with Gasteiger partial charge in [-0.05, 0) is 30.7 Å². The van der Waals surface area contributed by atoms with Crippen molar-refractivity contribution in [1.29, 1.82) is 0 Å². The van der Waals surface area contributed by atoms with Crippen LogP contribution >= 0.6 is 0 Å². The maximum atomic E-state index is 14.2. The molecule has 0 fully saturated rings. The summed E-state index contributed by atoms with van der Waals surface area (Å²) in [6.07, 6.45) is 21.4. The molecule has 0 aliphatic carbocycles. The molecule has 36 heavy (non-hydrogen) atoms. The molecule has 0 saturated heterocycles. The Bertz CT molecular complexity index is 778. The highest BCUT2D eigenvalue weighted by atomic mass is 19.1. The van der Waals surface area contributed by atoms with Crippen LogP contribution in [-0.4, -0.2) is 22.7 Å². The number of ether oxygens (including phenoxy) is 1. The van der Waals surface area contributed by atoms with Gasteiger partial charge in [-0.3, -0.25) is 0 Å². The van der Waals surface area contributed by atoms with Gasteiger partial charge in [0, 0.05) is 12.0 Å². The maximum absolute atomic E-state index is 14.2. The van der Waals surface area contributed by atoms with Crippen LogP contribution in [0.3, 0.4) is 0 Å². The Balaban J connectivity index is 1.61. The number of halogens is 1. The minimum atomic E-state index is -0.799. The lowest BCUT2D eigenvalue weighted by Crippen LogP contribution is -2.08. The Morgan fingerprint density at radius 1 is 0.722 bits per heavy atom. The molecule has 0 saturated carbocycles. The molecule has 0 N–H and O–H groups in total. The third-order valence-electron chi connectivity index (χ3n) is 7.12. The summed E-state index contributed by atoms with van der Waals surface area (Å²) in [6, 6.07) is 8.58. The number of hydrogen-bond acceptors (Lipinski definition) is 3. The molecular weight excluding hydrogens is 447 g/mol. The van der Waals surface area contributed by atoms with Gasteiger partial charge >= 0.3 is 0 Å². The first-order valence-corrected chi connectivity index (χ1v) is 14.8. The van der Waals surface area contributed by atoms with Crippen molar-refractivity contribution in [3.8, 4) is 17.1 Å². The molecule has 1 heterocycles. The van der Waals surface area contributed by atoms with Crippen molar-refractivity contribution in [1.82, 2.24) is 9.97 Å². The van der Waals surface area contributed by atoms with Gasteiger partial charge in [-0.15, -0.1) is 0 Å². The second-order valence-electron chi connectivity index (χ2n) is 10.6. The predicted molar refractivity (Wildman–Crippen MR) is 151 cm³/mol. The van der Waals surface area contributed by atoms with Gasteiger partial charge in [-0.1, -0.05) is 122 Å². The Labute approximate surface area is 220 Å². The van der Waals surface area contributed by atoms with E-state index in [1.165, 1.54) is 76.2 Å². The number of unbranched alkanes of at least 4 members (excludes halogenated alkanes) is 8. The number of alkyl halides is 1. The van der Waals surface area contributed by atoms with Crippen LogP contribution in [0, 0.1) is 5.92 Å². The molecular formula is C32H51FN2O. The summed E-state index contributed by atoms with van der Waals surface area (Å²) < 4.78 is 19.9. The fraction of sp³-hybridized carbons (Fsp3) is 0.688. The van der Waals surface area contributed by atoms with E-state index < -0.39 is 6.17 Å². The average molecular weight is 499 g/mol. The van der Waals surface area contributed by atoms with Crippen LogP contribution in [0.2, 0.25) is 0 Å². The fourth-order valence-corrected chi connectivity index (χ4v) is 4.67. The van der Waals surface area contributed by atoms with Gasteiger partial charge in [0.25, 0.3) is 0 Å². The van der Waals surface area contributed by atoms with Gasteiger partial charge in [0.05, 0.1) is 19.0 Å². The number of aryl methyl sites for hydroxylation is 1. The Morgan fingerprint density at radius 2 is 1.33 bits per heavy atom. The lowest BCUT2D eigenvalue weighted by molar-refractivity contribution is 0.219. The first-order chi connectivity index (χ1) is 17.6. The number of nitrogens with zero attached hydrogens (tertiary/aromatic N) is 2. The van der Waals surface area contributed by atoms with Gasteiger partial charge in [0.2, 0.25) is 0 Å². The molecule has 3 nitrogen and oxygen atoms in total. The molecule has 202 valence electrons. The highest BCUT2D eigenvalue weighted by molar-refractivity contribution is 5.55. The van der Waals surface area contributed by atoms with Crippen molar-refractivity contribution in [3.63, 3.8) is 0 Å². The Kier molecular flexibility index (Phi) is 16.1. The number of rotatable bonds is 21. The summed E-state index contributed by atoms with van der Waals surface area (Å²) in [6.45, 7) is 7.15. The number of hydrogen-bond donors (Lipinski definition) is 0. The van der Waals surface area contributed by atoms with Crippen molar-refractivity contribution in [2.45, 2.75) is 130 Å². The van der Waals surface area contributed by atoms with Gasteiger partial charge < -0.3 is 4.74 Å². The van der Waals surface area contributed by atoms with Gasteiger partial charge in [-0.25, -0.2) is 14.4 Å². The smallest absolute Gasteiger partial charge is 0.159 e. The second-order valence-corrected chi connectivity index (χ2v) is 10.6. The molecule has 1 aromatic carbocycles. The predicted octanol–water partition coefficient (Wildman–Crippen LogP) is 9.93. The van der Waals surface area contributed by atoms with Crippen molar-refractivity contribution >= 4 is 0 Å². The van der Waals surface area contributed by atoms with E-state index in [-0.39, 0.29) is 0 Å². The molecule has 0 bridgehead atoms. The van der Waals surface area contributed by atoms with E-state index >= 15 is 0 Å². The fourth-order valence-electron chi connectivity index (χ4n) is 4.67. The van der Waals surface area contributed by atoms with E-state index in [0.29, 0.717) is 36.9 Å². The van der Waals surface area contributed by atoms with Crippen molar-refractivity contribution in [3.05, 3.63) is 42.2 Å². The van der Waals surface area contributed by atoms with Gasteiger partial charge in [-0.2, -0.15) is 0 Å². The largest absolute Gasteiger partial charge is 0.490 e. The maximum Gasteiger partial charge on any atom is 0.159 e. The molecule has 2 aromatic rings. The zero-order chi connectivity index (χ0) is 25.8. The van der Waals surface area contributed by atoms with Gasteiger partial charge in [0.15, 0.2) is 11.6 Å². The van der Waals surface area contributed by atoms with Crippen LogP contribution in [0.5, 0.6) is 5.75 Å². The molecule has 0 amide bonds. The van der Waals surface area contributed by atoms with E-state index in [2.05, 4.69) is 55.0 Å². The molecule has 2 rings (SSSR count). The minimum absolute atomic E-state index is 0.364. The molecule has 1 aromatic heterocycles. The third kappa shape index (κ3) is 13.4. The lowest BCUT2D eigenvalue weighted by Gasteiger charge is -2.13.